The van der Waals surface area contributed by atoms with Crippen molar-refractivity contribution in [3.63, 3.8) is 0 Å². The van der Waals surface area contributed by atoms with Crippen LogP contribution in [-0.2, 0) is 37.9 Å². The van der Waals surface area contributed by atoms with E-state index in [0.29, 0.717) is 17.0 Å². The molecule has 0 bridgehead atoms. The number of carboxylic acids is 1. The third kappa shape index (κ3) is 7.22. The first-order valence-corrected chi connectivity index (χ1v) is 13.8. The predicted octanol–water partition coefficient (Wildman–Crippen LogP) is -0.404. The van der Waals surface area contributed by atoms with E-state index in [2.05, 4.69) is 26.1 Å². The number of nitrogens with zero attached hydrogens (tertiary/aromatic N) is 1. The number of hydrogen-bond donors (Lipinski definition) is 1. The number of nitrogens with one attached hydrogen (secondary N) is 1. The van der Waals surface area contributed by atoms with Gasteiger partial charge in [-0.1, -0.05) is 63.2 Å². The van der Waals surface area contributed by atoms with Crippen molar-refractivity contribution in [3.8, 4) is 5.75 Å². The third-order valence-electron chi connectivity index (χ3n) is 6.45. The average molecular weight is 559 g/mol. The van der Waals surface area contributed by atoms with Crippen LogP contribution in [0.5, 0.6) is 5.75 Å². The molecule has 39 heavy (non-hydrogen) atoms. The zero-order valence-corrected chi connectivity index (χ0v) is 25.5. The molecule has 1 aliphatic rings. The zero-order valence-electron chi connectivity index (χ0n) is 22.6. The maximum atomic E-state index is 13.8. The Morgan fingerprint density at radius 1 is 1.00 bits per heavy atom. The SMILES string of the molecule is CC(C)(C)c1ccc(S(=O)(=O)N2c3ccccc3C[C@H]2C(=O)NCCOc2ccc(CC(=O)[O-])cc2)cc1.[Na+]. The minimum absolute atomic E-state index is 0. The number of aliphatic carboxylic acids is 1. The number of carboxylic acid groups (broad SMARTS) is 1. The Morgan fingerprint density at radius 2 is 1.64 bits per heavy atom. The van der Waals surface area contributed by atoms with E-state index in [1.807, 2.05) is 24.3 Å². The van der Waals surface area contributed by atoms with Crippen LogP contribution in [0.15, 0.2) is 77.7 Å². The monoisotopic (exact) mass is 558 g/mol. The number of para-hydroxylation sites is 1. The summed E-state index contributed by atoms with van der Waals surface area (Å²) >= 11 is 0. The Hall–Kier alpha value is -2.85. The molecule has 8 nitrogen and oxygen atoms in total. The molecule has 0 radical (unpaired) electrons. The fraction of sp³-hybridized carbons (Fsp3) is 0.310. The predicted molar refractivity (Wildman–Crippen MR) is 142 cm³/mol. The van der Waals surface area contributed by atoms with Crippen molar-refractivity contribution in [1.29, 1.82) is 0 Å². The Balaban J connectivity index is 0.00000420. The molecule has 0 unspecified atom stereocenters. The van der Waals surface area contributed by atoms with Gasteiger partial charge in [0.15, 0.2) is 0 Å². The van der Waals surface area contributed by atoms with Crippen molar-refractivity contribution in [1.82, 2.24) is 5.32 Å². The van der Waals surface area contributed by atoms with Crippen molar-refractivity contribution >= 4 is 27.6 Å². The summed E-state index contributed by atoms with van der Waals surface area (Å²) in [6, 6.07) is 19.6. The van der Waals surface area contributed by atoms with Gasteiger partial charge in [0.05, 0.1) is 17.1 Å². The summed E-state index contributed by atoms with van der Waals surface area (Å²) in [6.07, 6.45) is 0.0856. The quantitative estimate of drug-likeness (QED) is 0.282. The maximum absolute atomic E-state index is 13.8. The van der Waals surface area contributed by atoms with Gasteiger partial charge in [0.25, 0.3) is 10.0 Å². The molecular weight excluding hydrogens is 527 g/mol. The fourth-order valence-electron chi connectivity index (χ4n) is 4.43. The number of carbonyl (C=O) groups is 2. The molecule has 200 valence electrons. The second-order valence-electron chi connectivity index (χ2n) is 10.3. The van der Waals surface area contributed by atoms with Gasteiger partial charge in [-0.2, -0.15) is 0 Å². The molecule has 3 aromatic carbocycles. The van der Waals surface area contributed by atoms with Crippen molar-refractivity contribution < 1.29 is 57.4 Å². The van der Waals surface area contributed by atoms with Crippen LogP contribution < -0.4 is 49.0 Å². The van der Waals surface area contributed by atoms with Crippen LogP contribution in [-0.4, -0.2) is 39.5 Å². The van der Waals surface area contributed by atoms with Crippen LogP contribution in [0.1, 0.15) is 37.5 Å². The third-order valence-corrected chi connectivity index (χ3v) is 8.28. The first kappa shape index (κ1) is 30.7. The number of rotatable bonds is 9. The van der Waals surface area contributed by atoms with Gasteiger partial charge in [0.2, 0.25) is 5.91 Å². The van der Waals surface area contributed by atoms with Crippen molar-refractivity contribution in [2.45, 2.75) is 50.0 Å². The maximum Gasteiger partial charge on any atom is 1.00 e. The molecule has 0 fully saturated rings. The Labute approximate surface area is 251 Å². The second-order valence-corrected chi connectivity index (χ2v) is 12.1. The van der Waals surface area contributed by atoms with E-state index in [0.717, 1.165) is 11.1 Å². The van der Waals surface area contributed by atoms with Gasteiger partial charge in [-0.05, 0) is 52.4 Å². The molecular formula is C29H31N2NaO6S. The Morgan fingerprint density at radius 3 is 2.26 bits per heavy atom. The average Bonchev–Trinajstić information content (AvgIpc) is 3.27. The number of benzene rings is 3. The number of carbonyl (C=O) groups excluding carboxylic acids is 2. The van der Waals surface area contributed by atoms with Crippen molar-refractivity contribution in [3.05, 3.63) is 89.5 Å². The topological polar surface area (TPSA) is 116 Å². The molecule has 10 heteroatoms. The van der Waals surface area contributed by atoms with Crippen LogP contribution in [0.2, 0.25) is 0 Å². The van der Waals surface area contributed by atoms with Crippen molar-refractivity contribution in [2.24, 2.45) is 0 Å². The van der Waals surface area contributed by atoms with E-state index >= 15 is 0 Å². The molecule has 1 amide bonds. The molecule has 0 aliphatic carbocycles. The molecule has 0 saturated heterocycles. The summed E-state index contributed by atoms with van der Waals surface area (Å²) in [6.45, 7) is 6.50. The van der Waals surface area contributed by atoms with Crippen LogP contribution in [0.3, 0.4) is 0 Å². The summed E-state index contributed by atoms with van der Waals surface area (Å²) in [5, 5.41) is 13.5. The second kappa shape index (κ2) is 12.6. The molecule has 4 rings (SSSR count). The van der Waals surface area contributed by atoms with Gasteiger partial charge in [-0.15, -0.1) is 0 Å². The first-order chi connectivity index (χ1) is 18.0. The summed E-state index contributed by atoms with van der Waals surface area (Å²) in [4.78, 5) is 24.0. The van der Waals surface area contributed by atoms with Gasteiger partial charge in [-0.25, -0.2) is 8.42 Å². The van der Waals surface area contributed by atoms with Crippen LogP contribution in [0, 0.1) is 0 Å². The summed E-state index contributed by atoms with van der Waals surface area (Å²) in [5.41, 5.74) is 2.78. The summed E-state index contributed by atoms with van der Waals surface area (Å²) in [7, 11) is -4.00. The molecule has 1 aliphatic heterocycles. The number of fused-ring (bicyclic) bond motifs is 1. The minimum atomic E-state index is -4.00. The van der Waals surface area contributed by atoms with E-state index < -0.39 is 27.9 Å². The van der Waals surface area contributed by atoms with E-state index in [-0.39, 0.29) is 65.9 Å². The molecule has 1 atom stereocenters. The number of ether oxygens (including phenoxy) is 1. The normalized spacial score (nSPS) is 14.7. The van der Waals surface area contributed by atoms with E-state index in [9.17, 15) is 23.1 Å². The van der Waals surface area contributed by atoms with Crippen LogP contribution in [0.4, 0.5) is 5.69 Å². The van der Waals surface area contributed by atoms with E-state index in [4.69, 9.17) is 4.74 Å². The number of amides is 1. The van der Waals surface area contributed by atoms with Gasteiger partial charge < -0.3 is 20.0 Å². The van der Waals surface area contributed by atoms with E-state index in [1.165, 1.54) is 4.31 Å². The smallest absolute Gasteiger partial charge is 0.550 e. The van der Waals surface area contributed by atoms with Gasteiger partial charge in [0, 0.05) is 18.8 Å². The molecule has 0 aromatic heterocycles. The fourth-order valence-corrected chi connectivity index (χ4v) is 6.07. The summed E-state index contributed by atoms with van der Waals surface area (Å²) in [5.74, 6) is -1.05. The van der Waals surface area contributed by atoms with Gasteiger partial charge in [-0.3, -0.25) is 9.10 Å². The molecule has 1 heterocycles. The van der Waals surface area contributed by atoms with Gasteiger partial charge in [0.1, 0.15) is 18.4 Å². The van der Waals surface area contributed by atoms with E-state index in [1.54, 1.807) is 48.5 Å². The summed E-state index contributed by atoms with van der Waals surface area (Å²) < 4.78 is 34.4. The van der Waals surface area contributed by atoms with Crippen LogP contribution >= 0.6 is 0 Å². The van der Waals surface area contributed by atoms with Gasteiger partial charge >= 0.3 is 29.6 Å². The Kier molecular flexibility index (Phi) is 9.88. The number of anilines is 1. The largest absolute Gasteiger partial charge is 1.00 e. The first-order valence-electron chi connectivity index (χ1n) is 12.4. The molecule has 1 N–H and O–H groups in total. The standard InChI is InChI=1S/C29H32N2O6S.Na/c1-29(2,3)22-10-14-24(15-11-22)38(35,36)31-25-7-5-4-6-21(25)19-26(31)28(34)30-16-17-37-23-12-8-20(9-13-23)18-27(32)33;/h4-15,26H,16-19H2,1-3H3,(H,30,34)(H,32,33);/q;+1/p-1/t26-;/m0./s1. The molecule has 0 saturated carbocycles. The van der Waals surface area contributed by atoms with Crippen LogP contribution in [0.25, 0.3) is 0 Å². The number of hydrogen-bond acceptors (Lipinski definition) is 6. The Bertz CT molecular complexity index is 1420. The van der Waals surface area contributed by atoms with Crippen molar-refractivity contribution in [2.75, 3.05) is 17.5 Å². The minimum Gasteiger partial charge on any atom is -0.550 e. The zero-order chi connectivity index (χ0) is 27.5. The molecule has 0 spiro atoms. The number of sulfonamides is 1. The molecule has 3 aromatic rings.